The van der Waals surface area contributed by atoms with Crippen LogP contribution in [-0.2, 0) is 20.0 Å². The van der Waals surface area contributed by atoms with Gasteiger partial charge in [0.1, 0.15) is 4.21 Å². The molecule has 2 saturated carbocycles. The van der Waals surface area contributed by atoms with Crippen LogP contribution in [0.1, 0.15) is 43.4 Å². The first-order chi connectivity index (χ1) is 12.4. The van der Waals surface area contributed by atoms with E-state index in [1.165, 1.54) is 54.6 Å². The zero-order valence-corrected chi connectivity index (χ0v) is 17.1. The first kappa shape index (κ1) is 18.1. The third-order valence-electron chi connectivity index (χ3n) is 5.64. The van der Waals surface area contributed by atoms with E-state index < -0.39 is 15.3 Å². The molecule has 0 aromatic carbocycles. The highest BCUT2D eigenvalue weighted by molar-refractivity contribution is 7.92. The van der Waals surface area contributed by atoms with Crippen LogP contribution < -0.4 is 5.32 Å². The summed E-state index contributed by atoms with van der Waals surface area (Å²) in [6.07, 6.45) is 9.80. The van der Waals surface area contributed by atoms with Crippen molar-refractivity contribution >= 4 is 43.5 Å². The molecule has 1 amide bonds. The predicted molar refractivity (Wildman–Crippen MR) is 105 cm³/mol. The molecule has 0 spiro atoms. The standard InChI is InChI=1S/C18H22N2O3S3/c1-26(22,23)15-7-6-14(25-15)18(16(21)20-17-19-8-9-24-17)11-13(18)10-12-4-2-3-5-12/h6-9,12-13H,2-5,10-11H2,1H3,(H,19,20,21)/t13-,18-/m1/s1. The zero-order chi connectivity index (χ0) is 18.4. The molecule has 2 aromatic heterocycles. The summed E-state index contributed by atoms with van der Waals surface area (Å²) in [5.41, 5.74) is -0.595. The molecule has 140 valence electrons. The van der Waals surface area contributed by atoms with Gasteiger partial charge < -0.3 is 5.32 Å². The van der Waals surface area contributed by atoms with Gasteiger partial charge in [0.05, 0.1) is 5.41 Å². The van der Waals surface area contributed by atoms with E-state index in [1.807, 2.05) is 11.4 Å². The number of hydrogen-bond donors (Lipinski definition) is 1. The summed E-state index contributed by atoms with van der Waals surface area (Å²) in [7, 11) is -3.25. The van der Waals surface area contributed by atoms with Crippen LogP contribution in [0.2, 0.25) is 0 Å². The Hall–Kier alpha value is -1.25. The maximum Gasteiger partial charge on any atom is 0.237 e. The van der Waals surface area contributed by atoms with Crippen LogP contribution in [0.3, 0.4) is 0 Å². The Morgan fingerprint density at radius 2 is 2.12 bits per heavy atom. The molecule has 0 aliphatic heterocycles. The average Bonchev–Trinajstić information content (AvgIpc) is 3.11. The van der Waals surface area contributed by atoms with Gasteiger partial charge in [-0.3, -0.25) is 4.79 Å². The predicted octanol–water partition coefficient (Wildman–Crippen LogP) is 4.08. The van der Waals surface area contributed by atoms with Crippen LogP contribution in [0.25, 0.3) is 0 Å². The van der Waals surface area contributed by atoms with Crippen LogP contribution in [0, 0.1) is 11.8 Å². The second-order valence-corrected chi connectivity index (χ2v) is 11.7. The number of nitrogens with zero attached hydrogens (tertiary/aromatic N) is 1. The van der Waals surface area contributed by atoms with Crippen molar-refractivity contribution in [2.24, 2.45) is 11.8 Å². The van der Waals surface area contributed by atoms with Gasteiger partial charge in [-0.2, -0.15) is 0 Å². The van der Waals surface area contributed by atoms with Gasteiger partial charge >= 0.3 is 0 Å². The largest absolute Gasteiger partial charge is 0.301 e. The molecule has 2 aromatic rings. The van der Waals surface area contributed by atoms with Crippen LogP contribution in [-0.4, -0.2) is 25.6 Å². The van der Waals surface area contributed by atoms with Crippen molar-refractivity contribution in [2.45, 2.75) is 48.1 Å². The van der Waals surface area contributed by atoms with E-state index in [9.17, 15) is 13.2 Å². The Labute approximate surface area is 161 Å². The van der Waals surface area contributed by atoms with E-state index in [1.54, 1.807) is 12.3 Å². The van der Waals surface area contributed by atoms with Gasteiger partial charge in [-0.25, -0.2) is 13.4 Å². The number of carbonyl (C=O) groups excluding carboxylic acids is 1. The van der Waals surface area contributed by atoms with Gasteiger partial charge in [0, 0.05) is 22.7 Å². The summed E-state index contributed by atoms with van der Waals surface area (Å²) < 4.78 is 24.1. The van der Waals surface area contributed by atoms with Gasteiger partial charge in [0.2, 0.25) is 5.91 Å². The number of carbonyl (C=O) groups is 1. The van der Waals surface area contributed by atoms with E-state index in [0.29, 0.717) is 15.3 Å². The number of thiazole rings is 1. The van der Waals surface area contributed by atoms with E-state index in [-0.39, 0.29) is 11.8 Å². The number of hydrogen-bond acceptors (Lipinski definition) is 6. The summed E-state index contributed by atoms with van der Waals surface area (Å²) in [5, 5.41) is 5.38. The molecule has 0 bridgehead atoms. The third kappa shape index (κ3) is 3.34. The SMILES string of the molecule is CS(=O)(=O)c1ccc([C@@]2(C(=O)Nc3nccs3)C[C@H]2CC2CCCC2)s1. The first-order valence-electron chi connectivity index (χ1n) is 8.91. The van der Waals surface area contributed by atoms with Crippen LogP contribution in [0.15, 0.2) is 27.9 Å². The Bertz CT molecular complexity index is 898. The molecule has 2 aliphatic rings. The summed E-state index contributed by atoms with van der Waals surface area (Å²) >= 11 is 2.64. The lowest BCUT2D eigenvalue weighted by atomic mass is 9.93. The number of rotatable bonds is 6. The lowest BCUT2D eigenvalue weighted by Crippen LogP contribution is -2.29. The van der Waals surface area contributed by atoms with E-state index >= 15 is 0 Å². The number of anilines is 1. The molecule has 2 atom stereocenters. The quantitative estimate of drug-likeness (QED) is 0.778. The normalized spacial score (nSPS) is 26.1. The second kappa shape index (κ2) is 6.73. The third-order valence-corrected chi connectivity index (χ3v) is 9.41. The summed E-state index contributed by atoms with van der Waals surface area (Å²) in [5.74, 6) is 0.942. The van der Waals surface area contributed by atoms with Crippen molar-refractivity contribution in [2.75, 3.05) is 11.6 Å². The lowest BCUT2D eigenvalue weighted by Gasteiger charge is -2.17. The van der Waals surface area contributed by atoms with E-state index in [2.05, 4.69) is 10.3 Å². The fourth-order valence-corrected chi connectivity index (χ4v) is 6.94. The number of aromatic nitrogens is 1. The molecule has 0 saturated heterocycles. The molecule has 0 unspecified atom stereocenters. The van der Waals surface area contributed by atoms with Crippen LogP contribution in [0.5, 0.6) is 0 Å². The maximum atomic E-state index is 13.2. The fourth-order valence-electron chi connectivity index (χ4n) is 4.21. The molecule has 2 aliphatic carbocycles. The molecule has 5 nitrogen and oxygen atoms in total. The van der Waals surface area contributed by atoms with Gasteiger partial charge in [-0.15, -0.1) is 22.7 Å². The number of thiophene rings is 1. The number of amides is 1. The van der Waals surface area contributed by atoms with Gasteiger partial charge in [-0.05, 0) is 36.8 Å². The molecule has 26 heavy (non-hydrogen) atoms. The highest BCUT2D eigenvalue weighted by Crippen LogP contribution is 2.60. The Balaban J connectivity index is 1.61. The van der Waals surface area contributed by atoms with E-state index in [0.717, 1.165) is 17.7 Å². The van der Waals surface area contributed by atoms with Gasteiger partial charge in [-0.1, -0.05) is 25.7 Å². The van der Waals surface area contributed by atoms with Crippen molar-refractivity contribution in [3.63, 3.8) is 0 Å². The fraction of sp³-hybridized carbons (Fsp3) is 0.556. The van der Waals surface area contributed by atoms with E-state index in [4.69, 9.17) is 0 Å². The van der Waals surface area contributed by atoms with Crippen LogP contribution in [0.4, 0.5) is 5.13 Å². The molecule has 0 radical (unpaired) electrons. The topological polar surface area (TPSA) is 76.1 Å². The van der Waals surface area contributed by atoms with Crippen molar-refractivity contribution in [1.82, 2.24) is 4.98 Å². The molecule has 2 fully saturated rings. The number of nitrogens with one attached hydrogen (secondary N) is 1. The van der Waals surface area contributed by atoms with Gasteiger partial charge in [0.25, 0.3) is 0 Å². The van der Waals surface area contributed by atoms with Crippen molar-refractivity contribution in [3.05, 3.63) is 28.6 Å². The summed E-state index contributed by atoms with van der Waals surface area (Å²) in [4.78, 5) is 18.2. The van der Waals surface area contributed by atoms with Crippen molar-refractivity contribution in [1.29, 1.82) is 0 Å². The molecule has 4 rings (SSSR count). The smallest absolute Gasteiger partial charge is 0.237 e. The summed E-state index contributed by atoms with van der Waals surface area (Å²) in [6.45, 7) is 0. The maximum absolute atomic E-state index is 13.2. The minimum Gasteiger partial charge on any atom is -0.301 e. The highest BCUT2D eigenvalue weighted by Gasteiger charge is 2.62. The lowest BCUT2D eigenvalue weighted by molar-refractivity contribution is -0.118. The highest BCUT2D eigenvalue weighted by atomic mass is 32.2. The zero-order valence-electron chi connectivity index (χ0n) is 14.6. The van der Waals surface area contributed by atoms with Gasteiger partial charge in [0.15, 0.2) is 15.0 Å². The Kier molecular flexibility index (Phi) is 4.69. The minimum absolute atomic E-state index is 0.0441. The summed E-state index contributed by atoms with van der Waals surface area (Å²) in [6, 6.07) is 3.47. The molecule has 1 N–H and O–H groups in total. The molecule has 8 heteroatoms. The first-order valence-corrected chi connectivity index (χ1v) is 12.5. The Morgan fingerprint density at radius 1 is 1.35 bits per heavy atom. The molecular weight excluding hydrogens is 388 g/mol. The van der Waals surface area contributed by atoms with Crippen molar-refractivity contribution < 1.29 is 13.2 Å². The monoisotopic (exact) mass is 410 g/mol. The molecular formula is C18H22N2O3S3. The van der Waals surface area contributed by atoms with Crippen LogP contribution >= 0.6 is 22.7 Å². The number of sulfone groups is 1. The Morgan fingerprint density at radius 3 is 2.73 bits per heavy atom. The van der Waals surface area contributed by atoms with Crippen molar-refractivity contribution in [3.8, 4) is 0 Å². The minimum atomic E-state index is -3.25. The second-order valence-electron chi connectivity index (χ2n) is 7.44. The average molecular weight is 411 g/mol. The molecule has 2 heterocycles.